The minimum absolute atomic E-state index is 0.0555. The first-order chi connectivity index (χ1) is 15.9. The zero-order valence-electron chi connectivity index (χ0n) is 24.0. The summed E-state index contributed by atoms with van der Waals surface area (Å²) < 4.78 is 12.9. The Kier molecular flexibility index (Phi) is 18.3. The number of hydrogen-bond donors (Lipinski definition) is 1. The van der Waals surface area contributed by atoms with Gasteiger partial charge in [-0.1, -0.05) is 97.3 Å². The number of hydrogen-bond acceptors (Lipinski definition) is 3. The van der Waals surface area contributed by atoms with Crippen LogP contribution in [-0.4, -0.2) is 33.8 Å². The molecule has 0 aromatic carbocycles. The standard InChI is InChI=1S/C28H58O4Si2/c1-9-11-13-15-16-17-18-19-20-22-25(31-33(3,4)5)24-27(32-34(6,7)8)26(28(29)30)23-21-14-12-10-2/h24-26H,9-23H2,1-8H3,(H,29,30)/t25?,26-/m1/s1. The molecular weight excluding hydrogens is 456 g/mol. The van der Waals surface area contributed by atoms with Crippen LogP contribution in [-0.2, 0) is 13.6 Å². The quantitative estimate of drug-likeness (QED) is 0.0887. The van der Waals surface area contributed by atoms with Crippen molar-refractivity contribution >= 4 is 22.6 Å². The van der Waals surface area contributed by atoms with Gasteiger partial charge in [0.2, 0.25) is 8.32 Å². The summed E-state index contributed by atoms with van der Waals surface area (Å²) >= 11 is 0. The van der Waals surface area contributed by atoms with Crippen LogP contribution in [0.2, 0.25) is 39.3 Å². The van der Waals surface area contributed by atoms with E-state index in [4.69, 9.17) is 8.85 Å². The Labute approximate surface area is 214 Å². The van der Waals surface area contributed by atoms with Crippen molar-refractivity contribution in [1.82, 2.24) is 0 Å². The predicted molar refractivity (Wildman–Crippen MR) is 152 cm³/mol. The highest BCUT2D eigenvalue weighted by Crippen LogP contribution is 2.27. The molecule has 0 aliphatic carbocycles. The van der Waals surface area contributed by atoms with Crippen molar-refractivity contribution in [3.8, 4) is 0 Å². The fourth-order valence-corrected chi connectivity index (χ4v) is 6.22. The summed E-state index contributed by atoms with van der Waals surface area (Å²) in [5.41, 5.74) is 0. The summed E-state index contributed by atoms with van der Waals surface area (Å²) in [4.78, 5) is 12.2. The van der Waals surface area contributed by atoms with Crippen molar-refractivity contribution in [3.05, 3.63) is 11.8 Å². The van der Waals surface area contributed by atoms with E-state index in [-0.39, 0.29) is 6.10 Å². The van der Waals surface area contributed by atoms with E-state index in [1.54, 1.807) is 0 Å². The number of carbonyl (C=O) groups is 1. The predicted octanol–water partition coefficient (Wildman–Crippen LogP) is 9.53. The van der Waals surface area contributed by atoms with Crippen LogP contribution in [0.5, 0.6) is 0 Å². The fourth-order valence-electron chi connectivity index (χ4n) is 4.21. The maximum atomic E-state index is 12.2. The molecule has 0 saturated heterocycles. The van der Waals surface area contributed by atoms with Crippen LogP contribution in [0.15, 0.2) is 11.8 Å². The first-order valence-electron chi connectivity index (χ1n) is 14.2. The third kappa shape index (κ3) is 19.7. The van der Waals surface area contributed by atoms with Crippen molar-refractivity contribution in [2.24, 2.45) is 5.92 Å². The second-order valence-electron chi connectivity index (χ2n) is 11.9. The number of carboxylic acid groups (broad SMARTS) is 1. The second kappa shape index (κ2) is 18.6. The monoisotopic (exact) mass is 514 g/mol. The van der Waals surface area contributed by atoms with Gasteiger partial charge in [-0.3, -0.25) is 4.79 Å². The molecule has 1 unspecified atom stereocenters. The zero-order valence-corrected chi connectivity index (χ0v) is 26.0. The Hall–Kier alpha value is -0.596. The summed E-state index contributed by atoms with van der Waals surface area (Å²) in [7, 11) is -3.72. The van der Waals surface area contributed by atoms with E-state index in [9.17, 15) is 9.90 Å². The average Bonchev–Trinajstić information content (AvgIpc) is 2.69. The first-order valence-corrected chi connectivity index (χ1v) is 21.0. The molecule has 4 nitrogen and oxygen atoms in total. The van der Waals surface area contributed by atoms with Crippen LogP contribution >= 0.6 is 0 Å². The van der Waals surface area contributed by atoms with Crippen LogP contribution in [0.4, 0.5) is 0 Å². The lowest BCUT2D eigenvalue weighted by molar-refractivity contribution is -0.141. The maximum absolute atomic E-state index is 12.2. The van der Waals surface area contributed by atoms with E-state index in [0.29, 0.717) is 12.2 Å². The van der Waals surface area contributed by atoms with Crippen molar-refractivity contribution < 1.29 is 18.8 Å². The normalized spacial score (nSPS) is 14.8. The molecular formula is C28H58O4Si2. The van der Waals surface area contributed by atoms with Gasteiger partial charge in [0, 0.05) is 0 Å². The van der Waals surface area contributed by atoms with Gasteiger partial charge in [0.25, 0.3) is 0 Å². The van der Waals surface area contributed by atoms with Gasteiger partial charge in [0.15, 0.2) is 8.32 Å². The van der Waals surface area contributed by atoms with Gasteiger partial charge in [-0.05, 0) is 58.2 Å². The molecule has 0 aromatic heterocycles. The molecule has 0 saturated carbocycles. The van der Waals surface area contributed by atoms with Crippen molar-refractivity contribution in [2.75, 3.05) is 0 Å². The molecule has 0 spiro atoms. The summed E-state index contributed by atoms with van der Waals surface area (Å²) in [6.45, 7) is 17.5. The molecule has 202 valence electrons. The SMILES string of the molecule is CCCCCCCCCCCC(C=C(O[Si](C)(C)C)[C@@H](CCCCCC)C(=O)O)O[Si](C)(C)C. The number of rotatable bonds is 22. The molecule has 2 atom stereocenters. The fraction of sp³-hybridized carbons (Fsp3) is 0.893. The number of carboxylic acids is 1. The molecule has 0 aliphatic rings. The van der Waals surface area contributed by atoms with Crippen molar-refractivity contribution in [1.29, 1.82) is 0 Å². The smallest absolute Gasteiger partial charge is 0.314 e. The summed E-state index contributed by atoms with van der Waals surface area (Å²) in [6.07, 6.45) is 19.6. The maximum Gasteiger partial charge on any atom is 0.314 e. The van der Waals surface area contributed by atoms with Gasteiger partial charge < -0.3 is 14.0 Å². The summed E-state index contributed by atoms with van der Waals surface area (Å²) in [6, 6.07) is 0. The van der Waals surface area contributed by atoms with Gasteiger partial charge in [0.1, 0.15) is 5.92 Å². The van der Waals surface area contributed by atoms with Crippen molar-refractivity contribution in [2.45, 2.75) is 156 Å². The summed E-state index contributed by atoms with van der Waals surface area (Å²) in [5, 5.41) is 10.1. The van der Waals surface area contributed by atoms with E-state index < -0.39 is 28.5 Å². The first kappa shape index (κ1) is 33.4. The Balaban J connectivity index is 5.24. The van der Waals surface area contributed by atoms with E-state index in [1.807, 2.05) is 0 Å². The van der Waals surface area contributed by atoms with Crippen LogP contribution in [0.1, 0.15) is 110 Å². The lowest BCUT2D eigenvalue weighted by Gasteiger charge is -2.29. The molecule has 6 heteroatoms. The minimum Gasteiger partial charge on any atom is -0.547 e. The van der Waals surface area contributed by atoms with Gasteiger partial charge >= 0.3 is 5.97 Å². The van der Waals surface area contributed by atoms with Crippen molar-refractivity contribution in [3.63, 3.8) is 0 Å². The van der Waals surface area contributed by atoms with Gasteiger partial charge in [-0.15, -0.1) is 0 Å². The Morgan fingerprint density at radius 1 is 0.706 bits per heavy atom. The molecule has 0 rings (SSSR count). The lowest BCUT2D eigenvalue weighted by Crippen LogP contribution is -2.34. The second-order valence-corrected chi connectivity index (χ2v) is 20.8. The molecule has 0 aliphatic heterocycles. The number of aliphatic carboxylic acids is 1. The molecule has 0 radical (unpaired) electrons. The van der Waals surface area contributed by atoms with E-state index in [1.165, 1.54) is 51.4 Å². The topological polar surface area (TPSA) is 55.8 Å². The minimum atomic E-state index is -1.95. The van der Waals surface area contributed by atoms with Crippen LogP contribution in [0, 0.1) is 5.92 Å². The molecule has 0 fully saturated rings. The molecule has 0 bridgehead atoms. The third-order valence-corrected chi connectivity index (χ3v) is 7.72. The average molecular weight is 515 g/mol. The highest BCUT2D eigenvalue weighted by Gasteiger charge is 2.30. The molecule has 1 N–H and O–H groups in total. The largest absolute Gasteiger partial charge is 0.547 e. The molecule has 0 heterocycles. The van der Waals surface area contributed by atoms with E-state index in [0.717, 1.165) is 38.5 Å². The van der Waals surface area contributed by atoms with Gasteiger partial charge in [-0.2, -0.15) is 0 Å². The van der Waals surface area contributed by atoms with Crippen LogP contribution in [0.3, 0.4) is 0 Å². The van der Waals surface area contributed by atoms with E-state index in [2.05, 4.69) is 59.2 Å². The zero-order chi connectivity index (χ0) is 26.0. The van der Waals surface area contributed by atoms with Gasteiger partial charge in [-0.25, -0.2) is 0 Å². The summed E-state index contributed by atoms with van der Waals surface area (Å²) in [5.74, 6) is -0.683. The Morgan fingerprint density at radius 3 is 1.59 bits per heavy atom. The highest BCUT2D eigenvalue weighted by atomic mass is 28.4. The van der Waals surface area contributed by atoms with Gasteiger partial charge in [0.05, 0.1) is 11.9 Å². The molecule has 0 aromatic rings. The van der Waals surface area contributed by atoms with Crippen LogP contribution < -0.4 is 0 Å². The van der Waals surface area contributed by atoms with E-state index >= 15 is 0 Å². The Bertz CT molecular complexity index is 550. The third-order valence-electron chi connectivity index (χ3n) is 5.86. The Morgan fingerprint density at radius 2 is 1.15 bits per heavy atom. The van der Waals surface area contributed by atoms with Crippen LogP contribution in [0.25, 0.3) is 0 Å². The lowest BCUT2D eigenvalue weighted by atomic mass is 9.97. The highest BCUT2D eigenvalue weighted by molar-refractivity contribution is 6.70. The molecule has 0 amide bonds. The molecule has 34 heavy (non-hydrogen) atoms. The number of unbranched alkanes of at least 4 members (excludes halogenated alkanes) is 11.